The van der Waals surface area contributed by atoms with E-state index in [9.17, 15) is 4.79 Å². The highest BCUT2D eigenvalue weighted by Crippen LogP contribution is 2.28. The monoisotopic (exact) mass is 294 g/mol. The lowest BCUT2D eigenvalue weighted by atomic mass is 10.1. The normalized spacial score (nSPS) is 10.8. The van der Waals surface area contributed by atoms with Crippen molar-refractivity contribution in [3.8, 4) is 11.3 Å². The zero-order chi connectivity index (χ0) is 15.5. The van der Waals surface area contributed by atoms with E-state index in [4.69, 9.17) is 10.6 Å². The number of benzene rings is 2. The molecular formula is C18H18N2O2. The smallest absolute Gasteiger partial charge is 0.332 e. The maximum Gasteiger partial charge on any atom is 0.332 e. The van der Waals surface area contributed by atoms with Crippen molar-refractivity contribution >= 4 is 22.6 Å². The van der Waals surface area contributed by atoms with Crippen LogP contribution in [0, 0.1) is 0 Å². The molecule has 0 fully saturated rings. The molecule has 1 aromatic heterocycles. The summed E-state index contributed by atoms with van der Waals surface area (Å²) in [6.45, 7) is 1.95. The largest absolute Gasteiger partial charge is 0.399 e. The van der Waals surface area contributed by atoms with E-state index < -0.39 is 0 Å². The van der Waals surface area contributed by atoms with Gasteiger partial charge >= 0.3 is 5.97 Å². The Morgan fingerprint density at radius 3 is 2.64 bits per heavy atom. The molecule has 0 bridgehead atoms. The maximum atomic E-state index is 11.9. The van der Waals surface area contributed by atoms with Gasteiger partial charge < -0.3 is 10.6 Å². The second kappa shape index (κ2) is 5.93. The molecule has 3 aromatic rings. The van der Waals surface area contributed by atoms with Crippen molar-refractivity contribution in [2.75, 3.05) is 5.73 Å². The van der Waals surface area contributed by atoms with E-state index in [0.29, 0.717) is 12.1 Å². The average molecular weight is 294 g/mol. The van der Waals surface area contributed by atoms with Crippen LogP contribution in [0.2, 0.25) is 0 Å². The molecule has 1 heterocycles. The molecule has 22 heavy (non-hydrogen) atoms. The molecule has 2 N–H and O–H groups in total. The van der Waals surface area contributed by atoms with Gasteiger partial charge in [-0.05, 0) is 30.7 Å². The van der Waals surface area contributed by atoms with Gasteiger partial charge in [-0.2, -0.15) is 4.73 Å². The summed E-state index contributed by atoms with van der Waals surface area (Å²) in [5.74, 6) is -0.242. The number of nitrogen functional groups attached to an aromatic ring is 1. The Morgan fingerprint density at radius 2 is 1.91 bits per heavy atom. The van der Waals surface area contributed by atoms with Crippen molar-refractivity contribution in [1.82, 2.24) is 4.73 Å². The second-order valence-corrected chi connectivity index (χ2v) is 5.22. The number of hydrogen-bond acceptors (Lipinski definition) is 3. The van der Waals surface area contributed by atoms with Crippen molar-refractivity contribution in [3.63, 3.8) is 0 Å². The van der Waals surface area contributed by atoms with Crippen LogP contribution in [0.25, 0.3) is 22.2 Å². The third kappa shape index (κ3) is 2.68. The summed E-state index contributed by atoms with van der Waals surface area (Å²) in [6.07, 6.45) is 1.15. The number of hydrogen-bond donors (Lipinski definition) is 1. The standard InChI is InChI=1S/C18H18N2O2/c1-2-6-18(21)22-20-16-10-9-15(19)11-14(16)12-17(20)13-7-4-3-5-8-13/h3-5,7-12H,2,6,19H2,1H3. The number of nitrogens with zero attached hydrogens (tertiary/aromatic N) is 1. The average Bonchev–Trinajstić information content (AvgIpc) is 2.86. The molecule has 4 nitrogen and oxygen atoms in total. The van der Waals surface area contributed by atoms with Gasteiger partial charge in [0.05, 0.1) is 11.2 Å². The maximum absolute atomic E-state index is 11.9. The van der Waals surface area contributed by atoms with E-state index in [1.54, 1.807) is 10.8 Å². The predicted molar refractivity (Wildman–Crippen MR) is 88.3 cm³/mol. The summed E-state index contributed by atoms with van der Waals surface area (Å²) in [5.41, 5.74) is 9.20. The molecule has 0 spiro atoms. The minimum absolute atomic E-state index is 0.242. The molecule has 112 valence electrons. The van der Waals surface area contributed by atoms with Gasteiger partial charge in [-0.25, -0.2) is 4.79 Å². The first-order valence-corrected chi connectivity index (χ1v) is 7.36. The van der Waals surface area contributed by atoms with Gasteiger partial charge in [0.1, 0.15) is 0 Å². The van der Waals surface area contributed by atoms with E-state index >= 15 is 0 Å². The highest BCUT2D eigenvalue weighted by Gasteiger charge is 2.14. The van der Waals surface area contributed by atoms with Crippen LogP contribution in [-0.2, 0) is 4.79 Å². The molecule has 4 heteroatoms. The Bertz CT molecular complexity index is 807. The molecule has 0 unspecified atom stereocenters. The summed E-state index contributed by atoms with van der Waals surface area (Å²) in [6, 6.07) is 17.4. The van der Waals surface area contributed by atoms with Crippen molar-refractivity contribution in [2.45, 2.75) is 19.8 Å². The van der Waals surface area contributed by atoms with Crippen LogP contribution in [0.15, 0.2) is 54.6 Å². The fraction of sp³-hybridized carbons (Fsp3) is 0.167. The first-order chi connectivity index (χ1) is 10.7. The van der Waals surface area contributed by atoms with Gasteiger partial charge in [0, 0.05) is 23.1 Å². The number of carbonyl (C=O) groups is 1. The van der Waals surface area contributed by atoms with E-state index in [-0.39, 0.29) is 5.97 Å². The van der Waals surface area contributed by atoms with Gasteiger partial charge in [-0.15, -0.1) is 0 Å². The summed E-state index contributed by atoms with van der Waals surface area (Å²) in [7, 11) is 0. The lowest BCUT2D eigenvalue weighted by molar-refractivity contribution is -0.143. The Morgan fingerprint density at radius 1 is 1.14 bits per heavy atom. The van der Waals surface area contributed by atoms with Gasteiger partial charge in [0.25, 0.3) is 0 Å². The zero-order valence-electron chi connectivity index (χ0n) is 12.5. The summed E-state index contributed by atoms with van der Waals surface area (Å²) in [5, 5.41) is 0.947. The molecule has 0 radical (unpaired) electrons. The van der Waals surface area contributed by atoms with Crippen LogP contribution in [0.4, 0.5) is 5.69 Å². The van der Waals surface area contributed by atoms with Gasteiger partial charge in [0.2, 0.25) is 0 Å². The Kier molecular flexibility index (Phi) is 3.83. The number of aromatic nitrogens is 1. The molecular weight excluding hydrogens is 276 g/mol. The fourth-order valence-corrected chi connectivity index (χ4v) is 2.47. The lowest BCUT2D eigenvalue weighted by Crippen LogP contribution is -2.19. The Hall–Kier alpha value is -2.75. The fourth-order valence-electron chi connectivity index (χ4n) is 2.47. The first-order valence-electron chi connectivity index (χ1n) is 7.36. The van der Waals surface area contributed by atoms with Gasteiger partial charge in [-0.3, -0.25) is 0 Å². The van der Waals surface area contributed by atoms with Crippen molar-refractivity contribution in [1.29, 1.82) is 0 Å². The van der Waals surface area contributed by atoms with E-state index in [0.717, 1.165) is 28.6 Å². The van der Waals surface area contributed by atoms with Crippen LogP contribution >= 0.6 is 0 Å². The molecule has 0 aliphatic rings. The predicted octanol–water partition coefficient (Wildman–Crippen LogP) is 3.65. The van der Waals surface area contributed by atoms with Crippen LogP contribution in [0.3, 0.4) is 0 Å². The van der Waals surface area contributed by atoms with Crippen LogP contribution in [-0.4, -0.2) is 10.7 Å². The van der Waals surface area contributed by atoms with Crippen molar-refractivity contribution < 1.29 is 9.63 Å². The molecule has 0 saturated heterocycles. The topological polar surface area (TPSA) is 57.2 Å². The van der Waals surface area contributed by atoms with Gasteiger partial charge in [-0.1, -0.05) is 37.3 Å². The molecule has 3 rings (SSSR count). The quantitative estimate of drug-likeness (QED) is 0.747. The SMILES string of the molecule is CCCC(=O)On1c(-c2ccccc2)cc2cc(N)ccc21. The van der Waals surface area contributed by atoms with Crippen LogP contribution < -0.4 is 10.6 Å². The number of anilines is 1. The number of rotatable bonds is 4. The Labute approximate surface area is 129 Å². The molecule has 0 aliphatic carbocycles. The zero-order valence-corrected chi connectivity index (χ0v) is 12.5. The number of nitrogens with two attached hydrogens (primary N) is 1. The lowest BCUT2D eigenvalue weighted by Gasteiger charge is -2.10. The first kappa shape index (κ1) is 14.2. The molecule has 2 aromatic carbocycles. The molecule has 0 aliphatic heterocycles. The molecule has 0 saturated carbocycles. The van der Waals surface area contributed by atoms with E-state index in [1.165, 1.54) is 0 Å². The van der Waals surface area contributed by atoms with Crippen molar-refractivity contribution in [2.24, 2.45) is 0 Å². The Balaban J connectivity index is 2.15. The third-order valence-corrected chi connectivity index (χ3v) is 3.50. The van der Waals surface area contributed by atoms with E-state index in [1.807, 2.05) is 55.5 Å². The number of fused-ring (bicyclic) bond motifs is 1. The minimum atomic E-state index is -0.242. The third-order valence-electron chi connectivity index (χ3n) is 3.50. The summed E-state index contributed by atoms with van der Waals surface area (Å²) >= 11 is 0. The van der Waals surface area contributed by atoms with Crippen LogP contribution in [0.5, 0.6) is 0 Å². The highest BCUT2D eigenvalue weighted by atomic mass is 16.7. The molecule has 0 amide bonds. The highest BCUT2D eigenvalue weighted by molar-refractivity contribution is 5.89. The van der Waals surface area contributed by atoms with Crippen molar-refractivity contribution in [3.05, 3.63) is 54.6 Å². The minimum Gasteiger partial charge on any atom is -0.399 e. The van der Waals surface area contributed by atoms with Gasteiger partial charge in [0.15, 0.2) is 0 Å². The van der Waals surface area contributed by atoms with Crippen LogP contribution in [0.1, 0.15) is 19.8 Å². The summed E-state index contributed by atoms with van der Waals surface area (Å²) in [4.78, 5) is 17.5. The second-order valence-electron chi connectivity index (χ2n) is 5.22. The molecule has 0 atom stereocenters. The number of carbonyl (C=O) groups excluding carboxylic acids is 1. The summed E-state index contributed by atoms with van der Waals surface area (Å²) < 4.78 is 1.60. The van der Waals surface area contributed by atoms with E-state index in [2.05, 4.69) is 0 Å².